The molecular formula is C15H21BrN2O2. The summed E-state index contributed by atoms with van der Waals surface area (Å²) in [5, 5.41) is 13.2. The van der Waals surface area contributed by atoms with Gasteiger partial charge < -0.3 is 15.3 Å². The van der Waals surface area contributed by atoms with Gasteiger partial charge in [0.05, 0.1) is 4.47 Å². The number of phenolic OH excluding ortho intramolecular Hbond substituents is 1. The van der Waals surface area contributed by atoms with Crippen molar-refractivity contribution in [2.75, 3.05) is 13.1 Å². The number of nitrogens with zero attached hydrogens (tertiary/aromatic N) is 1. The topological polar surface area (TPSA) is 52.6 Å². The van der Waals surface area contributed by atoms with Crippen LogP contribution in [0.5, 0.6) is 5.75 Å². The Kier molecular flexibility index (Phi) is 5.05. The van der Waals surface area contributed by atoms with Gasteiger partial charge in [-0.2, -0.15) is 0 Å². The lowest BCUT2D eigenvalue weighted by atomic mass is 10.0. The van der Waals surface area contributed by atoms with Gasteiger partial charge in [0.2, 0.25) is 0 Å². The molecule has 0 spiro atoms. The fourth-order valence-electron chi connectivity index (χ4n) is 2.56. The van der Waals surface area contributed by atoms with E-state index in [9.17, 15) is 9.90 Å². The van der Waals surface area contributed by atoms with Crippen LogP contribution in [0.2, 0.25) is 0 Å². The van der Waals surface area contributed by atoms with E-state index < -0.39 is 0 Å². The summed E-state index contributed by atoms with van der Waals surface area (Å²) in [6, 6.07) is 5.56. The minimum absolute atomic E-state index is 0.000370. The molecule has 20 heavy (non-hydrogen) atoms. The fraction of sp³-hybridized carbons (Fsp3) is 0.533. The van der Waals surface area contributed by atoms with Gasteiger partial charge >= 0.3 is 0 Å². The molecule has 2 N–H and O–H groups in total. The van der Waals surface area contributed by atoms with Crippen molar-refractivity contribution in [2.24, 2.45) is 0 Å². The fourth-order valence-corrected chi connectivity index (χ4v) is 2.81. The van der Waals surface area contributed by atoms with E-state index in [1.807, 2.05) is 4.90 Å². The highest BCUT2D eigenvalue weighted by molar-refractivity contribution is 9.10. The van der Waals surface area contributed by atoms with Crippen LogP contribution < -0.4 is 5.32 Å². The van der Waals surface area contributed by atoms with Crippen LogP contribution in [0.4, 0.5) is 0 Å². The van der Waals surface area contributed by atoms with Crippen LogP contribution in [0, 0.1) is 0 Å². The van der Waals surface area contributed by atoms with Crippen molar-refractivity contribution in [3.05, 3.63) is 28.2 Å². The zero-order valence-electron chi connectivity index (χ0n) is 11.9. The van der Waals surface area contributed by atoms with Crippen LogP contribution in [0.3, 0.4) is 0 Å². The van der Waals surface area contributed by atoms with E-state index in [1.54, 1.807) is 12.1 Å². The maximum absolute atomic E-state index is 12.7. The Bertz CT molecular complexity index is 493. The standard InChI is InChI=1S/C15H21BrN2O2/c1-3-11-9-18(12(4-2)8-17-11)15(20)10-5-6-13(16)14(19)7-10/h5-7,11-12,17,19H,3-4,8-9H2,1-2H3. The van der Waals surface area contributed by atoms with Gasteiger partial charge in [0, 0.05) is 30.7 Å². The minimum atomic E-state index is -0.000370. The zero-order chi connectivity index (χ0) is 14.7. The van der Waals surface area contributed by atoms with Crippen LogP contribution in [0.1, 0.15) is 37.0 Å². The molecule has 1 aromatic rings. The van der Waals surface area contributed by atoms with E-state index in [-0.39, 0.29) is 17.7 Å². The van der Waals surface area contributed by atoms with E-state index in [1.165, 1.54) is 6.07 Å². The lowest BCUT2D eigenvalue weighted by molar-refractivity contribution is 0.0575. The first-order chi connectivity index (χ1) is 9.56. The third-order valence-electron chi connectivity index (χ3n) is 3.92. The van der Waals surface area contributed by atoms with Crippen molar-refractivity contribution < 1.29 is 9.90 Å². The number of carbonyl (C=O) groups is 1. The summed E-state index contributed by atoms with van der Waals surface area (Å²) in [4.78, 5) is 14.6. The van der Waals surface area contributed by atoms with E-state index in [4.69, 9.17) is 0 Å². The molecule has 1 heterocycles. The van der Waals surface area contributed by atoms with Gasteiger partial charge in [-0.3, -0.25) is 4.79 Å². The molecule has 1 aliphatic rings. The van der Waals surface area contributed by atoms with Gasteiger partial charge in [-0.05, 0) is 47.0 Å². The highest BCUT2D eigenvalue weighted by Crippen LogP contribution is 2.26. The molecule has 1 aliphatic heterocycles. The summed E-state index contributed by atoms with van der Waals surface area (Å²) in [7, 11) is 0. The zero-order valence-corrected chi connectivity index (χ0v) is 13.5. The van der Waals surface area contributed by atoms with Crippen LogP contribution in [-0.2, 0) is 0 Å². The number of aromatic hydroxyl groups is 1. The summed E-state index contributed by atoms with van der Waals surface area (Å²) in [6.07, 6.45) is 1.93. The van der Waals surface area contributed by atoms with Crippen molar-refractivity contribution in [3.63, 3.8) is 0 Å². The maximum atomic E-state index is 12.7. The Morgan fingerprint density at radius 1 is 1.45 bits per heavy atom. The van der Waals surface area contributed by atoms with E-state index in [0.29, 0.717) is 16.1 Å². The average molecular weight is 341 g/mol. The molecule has 1 aromatic carbocycles. The van der Waals surface area contributed by atoms with Crippen LogP contribution in [0.15, 0.2) is 22.7 Å². The van der Waals surface area contributed by atoms with E-state index in [2.05, 4.69) is 35.1 Å². The summed E-state index contributed by atoms with van der Waals surface area (Å²) in [5.41, 5.74) is 0.543. The second-order valence-corrected chi connectivity index (χ2v) is 6.05. The molecule has 2 rings (SSSR count). The number of piperazine rings is 1. The monoisotopic (exact) mass is 340 g/mol. The molecule has 5 heteroatoms. The van der Waals surface area contributed by atoms with Gasteiger partial charge in [0.25, 0.3) is 5.91 Å². The normalized spacial score (nSPS) is 22.9. The Morgan fingerprint density at radius 2 is 2.20 bits per heavy atom. The number of phenols is 1. The lowest BCUT2D eigenvalue weighted by Crippen LogP contribution is -2.57. The molecule has 0 bridgehead atoms. The third kappa shape index (κ3) is 3.15. The van der Waals surface area contributed by atoms with Crippen molar-refractivity contribution in [1.82, 2.24) is 10.2 Å². The van der Waals surface area contributed by atoms with Crippen molar-refractivity contribution in [2.45, 2.75) is 38.8 Å². The molecule has 2 unspecified atom stereocenters. The Balaban J connectivity index is 2.22. The average Bonchev–Trinajstić information content (AvgIpc) is 2.48. The molecule has 2 atom stereocenters. The molecule has 0 aromatic heterocycles. The number of benzene rings is 1. The SMILES string of the molecule is CCC1CN(C(=O)c2ccc(Br)c(O)c2)C(CC)CN1. The summed E-state index contributed by atoms with van der Waals surface area (Å²) < 4.78 is 0.604. The molecule has 1 fully saturated rings. The Hall–Kier alpha value is -1.07. The number of amides is 1. The molecule has 0 saturated carbocycles. The van der Waals surface area contributed by atoms with Gasteiger partial charge in [0.1, 0.15) is 5.75 Å². The maximum Gasteiger partial charge on any atom is 0.254 e. The molecular weight excluding hydrogens is 320 g/mol. The lowest BCUT2D eigenvalue weighted by Gasteiger charge is -2.40. The minimum Gasteiger partial charge on any atom is -0.507 e. The number of hydrogen-bond acceptors (Lipinski definition) is 3. The van der Waals surface area contributed by atoms with E-state index in [0.717, 1.165) is 25.9 Å². The first-order valence-electron chi connectivity index (χ1n) is 7.09. The smallest absolute Gasteiger partial charge is 0.254 e. The number of nitrogens with one attached hydrogen (secondary N) is 1. The Labute approximate surface area is 128 Å². The third-order valence-corrected chi connectivity index (χ3v) is 4.59. The highest BCUT2D eigenvalue weighted by atomic mass is 79.9. The molecule has 0 radical (unpaired) electrons. The van der Waals surface area contributed by atoms with Gasteiger partial charge in [-0.1, -0.05) is 13.8 Å². The molecule has 1 saturated heterocycles. The molecule has 0 aliphatic carbocycles. The van der Waals surface area contributed by atoms with Crippen LogP contribution >= 0.6 is 15.9 Å². The highest BCUT2D eigenvalue weighted by Gasteiger charge is 2.30. The molecule has 110 valence electrons. The molecule has 4 nitrogen and oxygen atoms in total. The van der Waals surface area contributed by atoms with Crippen LogP contribution in [-0.4, -0.2) is 41.1 Å². The van der Waals surface area contributed by atoms with E-state index >= 15 is 0 Å². The predicted octanol–water partition coefficient (Wildman–Crippen LogP) is 2.76. The Morgan fingerprint density at radius 3 is 2.80 bits per heavy atom. The number of halogens is 1. The largest absolute Gasteiger partial charge is 0.507 e. The summed E-state index contributed by atoms with van der Waals surface area (Å²) >= 11 is 3.24. The first-order valence-corrected chi connectivity index (χ1v) is 7.89. The second-order valence-electron chi connectivity index (χ2n) is 5.20. The van der Waals surface area contributed by atoms with Gasteiger partial charge in [0.15, 0.2) is 0 Å². The quantitative estimate of drug-likeness (QED) is 0.889. The van der Waals surface area contributed by atoms with Crippen molar-refractivity contribution >= 4 is 21.8 Å². The summed E-state index contributed by atoms with van der Waals surface area (Å²) in [6.45, 7) is 5.78. The van der Waals surface area contributed by atoms with Crippen molar-refractivity contribution in [1.29, 1.82) is 0 Å². The number of hydrogen-bond donors (Lipinski definition) is 2. The van der Waals surface area contributed by atoms with Gasteiger partial charge in [-0.15, -0.1) is 0 Å². The predicted molar refractivity (Wildman–Crippen MR) is 83.0 cm³/mol. The van der Waals surface area contributed by atoms with Crippen LogP contribution in [0.25, 0.3) is 0 Å². The second kappa shape index (κ2) is 6.59. The number of rotatable bonds is 3. The molecule has 1 amide bonds. The first kappa shape index (κ1) is 15.3. The van der Waals surface area contributed by atoms with Crippen molar-refractivity contribution in [3.8, 4) is 5.75 Å². The number of carbonyl (C=O) groups excluding carboxylic acids is 1. The summed E-state index contributed by atoms with van der Waals surface area (Å²) in [5.74, 6) is 0.102. The van der Waals surface area contributed by atoms with Gasteiger partial charge in [-0.25, -0.2) is 0 Å².